The molecule has 0 saturated heterocycles. The Morgan fingerprint density at radius 3 is 1.13 bits per heavy atom. The van der Waals surface area contributed by atoms with Crippen molar-refractivity contribution in [3.63, 3.8) is 0 Å². The fourth-order valence-corrected chi connectivity index (χ4v) is 13.4. The van der Waals surface area contributed by atoms with E-state index in [0.717, 1.165) is 145 Å². The molecule has 0 saturated carbocycles. The average molecular weight is 1300 g/mol. The van der Waals surface area contributed by atoms with Gasteiger partial charge in [0.1, 0.15) is 50.8 Å². The van der Waals surface area contributed by atoms with Gasteiger partial charge in [0, 0.05) is 86.0 Å². The average Bonchev–Trinajstić information content (AvgIpc) is 1.14. The van der Waals surface area contributed by atoms with Crippen LogP contribution in [0.4, 0.5) is 0 Å². The summed E-state index contributed by atoms with van der Waals surface area (Å²) in [6.45, 7) is 18.9. The maximum absolute atomic E-state index is 8.65. The minimum atomic E-state index is -2.27. The molecule has 16 rings (SSSR count). The smallest absolute Gasteiger partial charge is 0.212 e. The molecule has 0 unspecified atom stereocenters. The van der Waals surface area contributed by atoms with Crippen LogP contribution >= 0.6 is 0 Å². The summed E-state index contributed by atoms with van der Waals surface area (Å²) in [4.78, 5) is 19.2. The van der Waals surface area contributed by atoms with Crippen molar-refractivity contribution >= 4 is 66.7 Å². The van der Waals surface area contributed by atoms with Gasteiger partial charge in [-0.05, 0) is 213 Å². The van der Waals surface area contributed by atoms with E-state index in [1.165, 1.54) is 0 Å². The molecule has 12 heteroatoms. The number of nitrogens with zero attached hydrogens (tertiary/aromatic N) is 12. The summed E-state index contributed by atoms with van der Waals surface area (Å²) in [6, 6.07) is 52.5. The predicted molar refractivity (Wildman–Crippen MR) is 402 cm³/mol. The number of pyridine rings is 8. The number of hydrogen-bond acceptors (Lipinski definition) is 4. The first-order valence-electron chi connectivity index (χ1n) is 38.3. The molecular weight excluding hydrogens is 1200 g/mol. The minimum Gasteiger partial charge on any atom is -0.300 e. The highest BCUT2D eigenvalue weighted by atomic mass is 15.0. The first kappa shape index (κ1) is 54.4. The number of rotatable bonds is 7. The van der Waals surface area contributed by atoms with E-state index in [0.29, 0.717) is 16.7 Å². The topological polar surface area (TPSA) is 84.7 Å². The molecule has 0 aliphatic carbocycles. The fourth-order valence-electron chi connectivity index (χ4n) is 13.4. The SMILES string of the molecule is [2H]C(C)(C)c1cc[n+](C)c(-c2ccc3c(nc4ccccn43)c2C)c1.[2H]C([2H])([2H])c1c[n+](C)c(-c2ccc3c(nc4ccccn43)c2C)cc1C.[2H]C([2H])([2H])c1c[n+](C)c(-c2ccc3c(nc4ccccn43)c2C)cc1C([2H])(C)C.[2H]C([2H])(c1cc[n+](C)c(-c2ccc3c(nc4ccccn43)c2C)c1)C(C)(C)C. The Labute approximate surface area is 590 Å². The van der Waals surface area contributed by atoms with Crippen LogP contribution in [-0.4, -0.2) is 37.5 Å². The van der Waals surface area contributed by atoms with E-state index in [4.69, 9.17) is 33.6 Å². The van der Waals surface area contributed by atoms with E-state index in [-0.39, 0.29) is 5.56 Å². The largest absolute Gasteiger partial charge is 0.300 e. The lowest BCUT2D eigenvalue weighted by molar-refractivity contribution is -0.660. The number of fused-ring (bicyclic) bond motifs is 12. The first-order chi connectivity index (χ1) is 50.7. The molecule has 12 aromatic heterocycles. The van der Waals surface area contributed by atoms with Gasteiger partial charge in [-0.2, -0.15) is 0 Å². The summed E-state index contributed by atoms with van der Waals surface area (Å²) in [5.41, 5.74) is 27.6. The van der Waals surface area contributed by atoms with E-state index in [2.05, 4.69) is 85.4 Å². The van der Waals surface area contributed by atoms with Crippen LogP contribution in [0.5, 0.6) is 0 Å². The summed E-state index contributed by atoms with van der Waals surface area (Å²) in [5.74, 6) is -1.65. The third-order valence-corrected chi connectivity index (χ3v) is 18.7. The van der Waals surface area contributed by atoms with Crippen molar-refractivity contribution in [2.75, 3.05) is 0 Å². The summed E-state index contributed by atoms with van der Waals surface area (Å²) in [6.07, 6.45) is 14.0. The van der Waals surface area contributed by atoms with Crippen LogP contribution in [0.1, 0.15) is 130 Å². The Bertz CT molecular complexity index is 6210. The van der Waals surface area contributed by atoms with Crippen LogP contribution in [0.15, 0.2) is 207 Å². The molecule has 12 heterocycles. The van der Waals surface area contributed by atoms with Crippen LogP contribution in [-0.2, 0) is 34.6 Å². The van der Waals surface area contributed by atoms with Crippen molar-refractivity contribution < 1.29 is 32.0 Å². The van der Waals surface area contributed by atoms with E-state index in [9.17, 15) is 0 Å². The molecule has 0 aliphatic heterocycles. The van der Waals surface area contributed by atoms with Gasteiger partial charge in [0.25, 0.3) is 0 Å². The standard InChI is InChI=1S/C23H26N3.C22H24N3.C21H22N3.C20H20N3/c1-16-18(20-14-17(11-13-25(20)5)15-23(2,3)4)9-10-19-22(16)24-21-8-6-7-12-26(19)21;1-14(2)18-12-20(24(5)13-15(18)3)17-9-10-19-22(16(17)4)23-21-8-6-7-11-25(19)21;1-14(2)16-10-12-23(4)19(13-16)17-8-9-18-21(15(17)3)22-20-7-5-6-11-24(18)20;1-13-11-18(22(4)12-14(13)2)16-8-9-17-20(15(16)3)21-19-7-5-6-10-23(17)19/h6-14H,15H2,1-5H3;6-14H,1-5H3;5-14H,1-4H3;5-12H,1-4H3/q4*+1/i15D2;3D3,14D;14D;2D3. The molecule has 0 fully saturated rings. The summed E-state index contributed by atoms with van der Waals surface area (Å²) >= 11 is 0. The van der Waals surface area contributed by atoms with Gasteiger partial charge in [0.15, 0.2) is 24.8 Å². The lowest BCUT2D eigenvalue weighted by Crippen LogP contribution is -2.32. The lowest BCUT2D eigenvalue weighted by atomic mass is 9.88. The minimum absolute atomic E-state index is 0.218. The van der Waals surface area contributed by atoms with Gasteiger partial charge in [-0.3, -0.25) is 17.6 Å². The van der Waals surface area contributed by atoms with E-state index in [1.807, 2.05) is 243 Å². The monoisotopic (exact) mass is 1300 g/mol. The number of imidazole rings is 4. The Hall–Kier alpha value is -10.7. The van der Waals surface area contributed by atoms with Gasteiger partial charge in [-0.15, -0.1) is 0 Å². The van der Waals surface area contributed by atoms with E-state index in [1.54, 1.807) is 26.2 Å². The zero-order chi connectivity index (χ0) is 77.8. The highest BCUT2D eigenvalue weighted by molar-refractivity contribution is 5.92. The molecule has 4 aromatic carbocycles. The second kappa shape index (κ2) is 26.4. The molecule has 0 atom stereocenters. The van der Waals surface area contributed by atoms with Crippen molar-refractivity contribution in [1.29, 1.82) is 0 Å². The second-order valence-corrected chi connectivity index (χ2v) is 27.2. The van der Waals surface area contributed by atoms with Crippen LogP contribution in [0.2, 0.25) is 0 Å². The van der Waals surface area contributed by atoms with E-state index < -0.39 is 37.3 Å². The molecule has 0 amide bonds. The van der Waals surface area contributed by atoms with Crippen LogP contribution in [0.3, 0.4) is 0 Å². The molecular formula is C86H92N12+4. The highest BCUT2D eigenvalue weighted by Crippen LogP contribution is 2.35. The molecule has 0 N–H and O–H groups in total. The molecule has 12 nitrogen and oxygen atoms in total. The van der Waals surface area contributed by atoms with Gasteiger partial charge in [0.05, 0.1) is 66.4 Å². The maximum atomic E-state index is 8.65. The number of hydrogen-bond donors (Lipinski definition) is 0. The third kappa shape index (κ3) is 12.5. The molecule has 16 aromatic rings. The molecule has 0 aliphatic rings. The molecule has 0 spiro atoms. The Morgan fingerprint density at radius 2 is 0.765 bits per heavy atom. The number of aromatic nitrogens is 12. The number of benzene rings is 4. The molecule has 0 bridgehead atoms. The van der Waals surface area contributed by atoms with Gasteiger partial charge < -0.3 is 0 Å². The molecule has 0 radical (unpaired) electrons. The van der Waals surface area contributed by atoms with Gasteiger partial charge in [0.2, 0.25) is 22.8 Å². The first-order valence-corrected chi connectivity index (χ1v) is 33.3. The normalized spacial score (nSPS) is 13.9. The van der Waals surface area contributed by atoms with Crippen molar-refractivity contribution in [3.05, 3.63) is 263 Å². The zero-order valence-electron chi connectivity index (χ0n) is 69.0. The fraction of sp³-hybridized carbons (Fsp3) is 0.256. The van der Waals surface area contributed by atoms with Crippen molar-refractivity contribution in [2.24, 2.45) is 33.6 Å². The zero-order valence-corrected chi connectivity index (χ0v) is 59.0. The lowest BCUT2D eigenvalue weighted by Gasteiger charge is -2.18. The van der Waals surface area contributed by atoms with Gasteiger partial charge in [-0.1, -0.05) is 72.7 Å². The van der Waals surface area contributed by atoms with Gasteiger partial charge in [-0.25, -0.2) is 38.2 Å². The molecule has 492 valence electrons. The molecule has 98 heavy (non-hydrogen) atoms. The van der Waals surface area contributed by atoms with Crippen LogP contribution < -0.4 is 18.3 Å². The van der Waals surface area contributed by atoms with Crippen LogP contribution in [0, 0.1) is 53.7 Å². The van der Waals surface area contributed by atoms with Crippen molar-refractivity contribution in [2.45, 2.75) is 115 Å². The highest BCUT2D eigenvalue weighted by Gasteiger charge is 2.24. The predicted octanol–water partition coefficient (Wildman–Crippen LogP) is 17.9. The van der Waals surface area contributed by atoms with E-state index >= 15 is 0 Å². The Balaban J connectivity index is 0.000000127. The van der Waals surface area contributed by atoms with Crippen molar-refractivity contribution in [3.8, 4) is 45.0 Å². The number of aryl methyl sites for hydroxylation is 11. The quantitative estimate of drug-likeness (QED) is 0.149. The van der Waals surface area contributed by atoms with Crippen molar-refractivity contribution in [1.82, 2.24) is 37.5 Å². The van der Waals surface area contributed by atoms with Gasteiger partial charge >= 0.3 is 0 Å². The Morgan fingerprint density at radius 1 is 0.408 bits per heavy atom. The second-order valence-electron chi connectivity index (χ2n) is 27.2. The third-order valence-electron chi connectivity index (χ3n) is 18.7. The summed E-state index contributed by atoms with van der Waals surface area (Å²) < 4.78 is 97.2. The maximum Gasteiger partial charge on any atom is 0.212 e. The summed E-state index contributed by atoms with van der Waals surface area (Å²) in [7, 11) is 7.78. The summed E-state index contributed by atoms with van der Waals surface area (Å²) in [5, 5.41) is 0. The van der Waals surface area contributed by atoms with Crippen LogP contribution in [0.25, 0.3) is 112 Å². The Kier molecular flexibility index (Phi) is 14.6.